The SMILES string of the molecule is Clc1ccc(-c2cnc(CCCNC3CC3)o2)s1. The lowest BCUT2D eigenvalue weighted by molar-refractivity contribution is 0.492. The van der Waals surface area contributed by atoms with Crippen LogP contribution in [0.15, 0.2) is 22.7 Å². The number of hydrogen-bond acceptors (Lipinski definition) is 4. The Morgan fingerprint density at radius 3 is 3.06 bits per heavy atom. The summed E-state index contributed by atoms with van der Waals surface area (Å²) < 4.78 is 6.49. The summed E-state index contributed by atoms with van der Waals surface area (Å²) >= 11 is 7.42. The van der Waals surface area contributed by atoms with E-state index in [0.717, 1.165) is 46.3 Å². The Kier molecular flexibility index (Phi) is 3.68. The first-order valence-electron chi connectivity index (χ1n) is 6.25. The van der Waals surface area contributed by atoms with Gasteiger partial charge in [0.15, 0.2) is 11.7 Å². The van der Waals surface area contributed by atoms with E-state index in [2.05, 4.69) is 10.3 Å². The zero-order valence-corrected chi connectivity index (χ0v) is 11.6. The Balaban J connectivity index is 1.52. The van der Waals surface area contributed by atoms with E-state index in [1.807, 2.05) is 12.1 Å². The van der Waals surface area contributed by atoms with Gasteiger partial charge in [0.25, 0.3) is 0 Å². The number of oxazole rings is 1. The second-order valence-corrected chi connectivity index (χ2v) is 6.27. The van der Waals surface area contributed by atoms with Crippen LogP contribution in [0.1, 0.15) is 25.2 Å². The lowest BCUT2D eigenvalue weighted by Crippen LogP contribution is -2.17. The predicted octanol–water partition coefficient (Wildman–Crippen LogP) is 3.74. The summed E-state index contributed by atoms with van der Waals surface area (Å²) in [6, 6.07) is 4.62. The van der Waals surface area contributed by atoms with Crippen molar-refractivity contribution in [3.05, 3.63) is 28.6 Å². The first-order chi connectivity index (χ1) is 8.81. The molecule has 3 nitrogen and oxygen atoms in total. The van der Waals surface area contributed by atoms with Crippen LogP contribution in [0.4, 0.5) is 0 Å². The Labute approximate surface area is 115 Å². The number of hydrogen-bond donors (Lipinski definition) is 1. The van der Waals surface area contributed by atoms with Gasteiger partial charge in [-0.3, -0.25) is 0 Å². The standard InChI is InChI=1S/C13H15ClN2OS/c14-12-6-5-11(18-12)10-8-16-13(17-10)2-1-7-15-9-3-4-9/h5-6,8-9,15H,1-4,7H2. The van der Waals surface area contributed by atoms with Crippen LogP contribution in [0, 0.1) is 0 Å². The number of halogens is 1. The van der Waals surface area contributed by atoms with Crippen molar-refractivity contribution >= 4 is 22.9 Å². The van der Waals surface area contributed by atoms with Gasteiger partial charge in [-0.25, -0.2) is 4.98 Å². The van der Waals surface area contributed by atoms with Crippen molar-refractivity contribution in [2.24, 2.45) is 0 Å². The van der Waals surface area contributed by atoms with Crippen molar-refractivity contribution in [2.75, 3.05) is 6.54 Å². The zero-order valence-electron chi connectivity index (χ0n) is 9.99. The Morgan fingerprint density at radius 2 is 2.33 bits per heavy atom. The molecule has 2 aromatic heterocycles. The molecule has 2 heterocycles. The largest absolute Gasteiger partial charge is 0.440 e. The third kappa shape index (κ3) is 3.13. The first kappa shape index (κ1) is 12.2. The molecule has 0 aliphatic heterocycles. The highest BCUT2D eigenvalue weighted by Crippen LogP contribution is 2.31. The minimum Gasteiger partial charge on any atom is -0.440 e. The Morgan fingerprint density at radius 1 is 1.44 bits per heavy atom. The normalized spacial score (nSPS) is 15.2. The van der Waals surface area contributed by atoms with Gasteiger partial charge in [-0.2, -0.15) is 0 Å². The lowest BCUT2D eigenvalue weighted by atomic mass is 10.3. The fourth-order valence-corrected chi connectivity index (χ4v) is 2.81. The molecule has 1 N–H and O–H groups in total. The first-order valence-corrected chi connectivity index (χ1v) is 7.44. The number of nitrogens with zero attached hydrogens (tertiary/aromatic N) is 1. The van der Waals surface area contributed by atoms with E-state index in [-0.39, 0.29) is 0 Å². The molecular weight excluding hydrogens is 268 g/mol. The molecule has 0 atom stereocenters. The van der Waals surface area contributed by atoms with Gasteiger partial charge in [0.05, 0.1) is 15.4 Å². The van der Waals surface area contributed by atoms with E-state index in [9.17, 15) is 0 Å². The van der Waals surface area contributed by atoms with Gasteiger partial charge >= 0.3 is 0 Å². The van der Waals surface area contributed by atoms with Gasteiger partial charge in [-0.15, -0.1) is 11.3 Å². The second kappa shape index (κ2) is 5.43. The zero-order chi connectivity index (χ0) is 12.4. The van der Waals surface area contributed by atoms with E-state index in [0.29, 0.717) is 0 Å². The molecule has 2 aromatic rings. The molecule has 0 unspecified atom stereocenters. The minimum absolute atomic E-state index is 0.775. The molecule has 0 radical (unpaired) electrons. The maximum Gasteiger partial charge on any atom is 0.194 e. The molecular formula is C13H15ClN2OS. The van der Waals surface area contributed by atoms with E-state index in [1.165, 1.54) is 24.2 Å². The topological polar surface area (TPSA) is 38.1 Å². The maximum absolute atomic E-state index is 5.90. The molecule has 0 spiro atoms. The molecule has 0 amide bonds. The maximum atomic E-state index is 5.90. The predicted molar refractivity (Wildman–Crippen MR) is 74.2 cm³/mol. The third-order valence-corrected chi connectivity index (χ3v) is 4.19. The van der Waals surface area contributed by atoms with Crippen molar-refractivity contribution in [3.63, 3.8) is 0 Å². The molecule has 18 heavy (non-hydrogen) atoms. The Bertz CT molecular complexity index is 519. The summed E-state index contributed by atoms with van der Waals surface area (Å²) in [5.41, 5.74) is 0. The van der Waals surface area contributed by atoms with Crippen LogP contribution in [-0.2, 0) is 6.42 Å². The number of rotatable bonds is 6. The monoisotopic (exact) mass is 282 g/mol. The quantitative estimate of drug-likeness (QED) is 0.820. The average molecular weight is 283 g/mol. The number of aromatic nitrogens is 1. The molecule has 0 bridgehead atoms. The lowest BCUT2D eigenvalue weighted by Gasteiger charge is -1.99. The summed E-state index contributed by atoms with van der Waals surface area (Å²) in [6.45, 7) is 1.05. The van der Waals surface area contributed by atoms with Crippen molar-refractivity contribution in [2.45, 2.75) is 31.7 Å². The molecule has 1 saturated carbocycles. The Hall–Kier alpha value is -0.840. The highest BCUT2D eigenvalue weighted by Gasteiger charge is 2.19. The van der Waals surface area contributed by atoms with Gasteiger partial charge < -0.3 is 9.73 Å². The molecule has 1 fully saturated rings. The van der Waals surface area contributed by atoms with Crippen molar-refractivity contribution < 1.29 is 4.42 Å². The summed E-state index contributed by atoms with van der Waals surface area (Å²) in [5.74, 6) is 1.63. The fraction of sp³-hybridized carbons (Fsp3) is 0.462. The average Bonchev–Trinajstić information content (AvgIpc) is 2.88. The van der Waals surface area contributed by atoms with Crippen LogP contribution in [0.25, 0.3) is 10.6 Å². The van der Waals surface area contributed by atoms with E-state index < -0.39 is 0 Å². The minimum atomic E-state index is 0.775. The van der Waals surface area contributed by atoms with Crippen molar-refractivity contribution in [3.8, 4) is 10.6 Å². The molecule has 5 heteroatoms. The van der Waals surface area contributed by atoms with Crippen LogP contribution in [0.2, 0.25) is 4.34 Å². The summed E-state index contributed by atoms with van der Waals surface area (Å²) in [4.78, 5) is 5.34. The molecule has 3 rings (SSSR count). The van der Waals surface area contributed by atoms with Gasteiger partial charge in [0, 0.05) is 12.5 Å². The van der Waals surface area contributed by atoms with Crippen LogP contribution < -0.4 is 5.32 Å². The third-order valence-electron chi connectivity index (χ3n) is 2.95. The number of nitrogens with one attached hydrogen (secondary N) is 1. The van der Waals surface area contributed by atoms with Gasteiger partial charge in [-0.05, 0) is 37.9 Å². The van der Waals surface area contributed by atoms with Crippen molar-refractivity contribution in [1.29, 1.82) is 0 Å². The molecule has 0 aromatic carbocycles. The molecule has 1 aliphatic rings. The smallest absolute Gasteiger partial charge is 0.194 e. The second-order valence-electron chi connectivity index (χ2n) is 4.55. The van der Waals surface area contributed by atoms with Crippen LogP contribution in [0.5, 0.6) is 0 Å². The van der Waals surface area contributed by atoms with Crippen LogP contribution >= 0.6 is 22.9 Å². The molecule has 1 aliphatic carbocycles. The molecule has 96 valence electrons. The van der Waals surface area contributed by atoms with E-state index in [1.54, 1.807) is 6.20 Å². The number of aryl methyl sites for hydroxylation is 1. The van der Waals surface area contributed by atoms with E-state index in [4.69, 9.17) is 16.0 Å². The van der Waals surface area contributed by atoms with Crippen LogP contribution in [0.3, 0.4) is 0 Å². The van der Waals surface area contributed by atoms with Gasteiger partial charge in [0.2, 0.25) is 0 Å². The highest BCUT2D eigenvalue weighted by molar-refractivity contribution is 7.19. The van der Waals surface area contributed by atoms with Gasteiger partial charge in [-0.1, -0.05) is 11.6 Å². The fourth-order valence-electron chi connectivity index (χ4n) is 1.82. The highest BCUT2D eigenvalue weighted by atomic mass is 35.5. The summed E-state index contributed by atoms with van der Waals surface area (Å²) in [6.07, 6.45) is 6.41. The molecule has 0 saturated heterocycles. The van der Waals surface area contributed by atoms with E-state index >= 15 is 0 Å². The van der Waals surface area contributed by atoms with Crippen molar-refractivity contribution in [1.82, 2.24) is 10.3 Å². The van der Waals surface area contributed by atoms with Crippen LogP contribution in [-0.4, -0.2) is 17.6 Å². The van der Waals surface area contributed by atoms with Gasteiger partial charge in [0.1, 0.15) is 0 Å². The summed E-state index contributed by atoms with van der Waals surface area (Å²) in [5, 5.41) is 3.48. The number of thiophene rings is 1. The summed E-state index contributed by atoms with van der Waals surface area (Å²) in [7, 11) is 0.